The van der Waals surface area contributed by atoms with Crippen LogP contribution in [0, 0.1) is 5.92 Å². The SMILES string of the molecule is CCC1OC(OC2C(O)C(O)C(NC3C=C(CO)C(O)C(O)C3O)C(O)C2CO)C(O)C(O)C1O. The molecule has 2 aliphatic carbocycles. The highest BCUT2D eigenvalue weighted by molar-refractivity contribution is 5.22. The molecule has 0 amide bonds. The average Bonchev–Trinajstić information content (AvgIpc) is 2.85. The van der Waals surface area contributed by atoms with Crippen LogP contribution in [0.4, 0.5) is 0 Å². The summed E-state index contributed by atoms with van der Waals surface area (Å²) in [6.07, 6.45) is -17.1. The smallest absolute Gasteiger partial charge is 0.186 e. The lowest BCUT2D eigenvalue weighted by Gasteiger charge is -2.49. The van der Waals surface area contributed by atoms with E-state index in [4.69, 9.17) is 9.47 Å². The van der Waals surface area contributed by atoms with Crippen LogP contribution < -0.4 is 5.32 Å². The van der Waals surface area contributed by atoms with E-state index in [0.29, 0.717) is 0 Å². The number of aliphatic hydroxyl groups excluding tert-OH is 11. The number of hydrogen-bond donors (Lipinski definition) is 12. The fourth-order valence-corrected chi connectivity index (χ4v) is 5.00. The average molecular weight is 512 g/mol. The Morgan fingerprint density at radius 3 is 2.03 bits per heavy atom. The van der Waals surface area contributed by atoms with Gasteiger partial charge in [-0.05, 0) is 12.0 Å². The fourth-order valence-electron chi connectivity index (χ4n) is 5.00. The van der Waals surface area contributed by atoms with Gasteiger partial charge in [0, 0.05) is 5.92 Å². The van der Waals surface area contributed by atoms with Crippen molar-refractivity contribution in [1.82, 2.24) is 5.32 Å². The highest BCUT2D eigenvalue weighted by atomic mass is 16.7. The molecule has 1 saturated carbocycles. The first-order valence-corrected chi connectivity index (χ1v) is 11.6. The maximum absolute atomic E-state index is 10.9. The van der Waals surface area contributed by atoms with Crippen molar-refractivity contribution in [2.75, 3.05) is 13.2 Å². The van der Waals surface area contributed by atoms with Gasteiger partial charge in [0.15, 0.2) is 6.29 Å². The molecule has 0 aromatic rings. The molecule has 1 aliphatic heterocycles. The molecular weight excluding hydrogens is 474 g/mol. The molecule has 3 rings (SSSR count). The molecule has 1 saturated heterocycles. The van der Waals surface area contributed by atoms with Crippen LogP contribution in [0.3, 0.4) is 0 Å². The molecular formula is C21H37NO13. The molecule has 0 bridgehead atoms. The largest absolute Gasteiger partial charge is 0.396 e. The summed E-state index contributed by atoms with van der Waals surface area (Å²) in [5.74, 6) is -1.25. The number of ether oxygens (including phenoxy) is 2. The summed E-state index contributed by atoms with van der Waals surface area (Å²) in [6, 6.07) is -2.52. The van der Waals surface area contributed by atoms with Crippen molar-refractivity contribution in [1.29, 1.82) is 0 Å². The van der Waals surface area contributed by atoms with Crippen molar-refractivity contribution >= 4 is 0 Å². The minimum absolute atomic E-state index is 0.00443. The molecule has 204 valence electrons. The summed E-state index contributed by atoms with van der Waals surface area (Å²) < 4.78 is 11.1. The Hall–Kier alpha value is -0.820. The predicted molar refractivity (Wildman–Crippen MR) is 114 cm³/mol. The maximum Gasteiger partial charge on any atom is 0.186 e. The van der Waals surface area contributed by atoms with Crippen molar-refractivity contribution in [2.24, 2.45) is 5.92 Å². The first-order chi connectivity index (χ1) is 16.5. The first-order valence-electron chi connectivity index (χ1n) is 11.6. The van der Waals surface area contributed by atoms with E-state index in [1.165, 1.54) is 6.08 Å². The molecule has 14 nitrogen and oxygen atoms in total. The van der Waals surface area contributed by atoms with Gasteiger partial charge in [-0.15, -0.1) is 0 Å². The Balaban J connectivity index is 1.79. The number of aliphatic hydroxyl groups is 11. The lowest BCUT2D eigenvalue weighted by atomic mass is 9.76. The van der Waals surface area contributed by atoms with Crippen molar-refractivity contribution < 1.29 is 65.6 Å². The highest BCUT2D eigenvalue weighted by Gasteiger charge is 2.53. The summed E-state index contributed by atoms with van der Waals surface area (Å²) in [5.41, 5.74) is -0.00443. The van der Waals surface area contributed by atoms with Crippen molar-refractivity contribution in [3.8, 4) is 0 Å². The molecule has 14 heteroatoms. The maximum atomic E-state index is 10.9. The van der Waals surface area contributed by atoms with Crippen LogP contribution in [-0.2, 0) is 9.47 Å². The minimum atomic E-state index is -1.76. The standard InChI is InChI=1S/C21H37NO13/c1-2-9-14(28)17(31)19(33)21(34-9)35-20-7(5-24)12(26)10(15(29)18(20)32)22-8-3-6(4-23)11(25)16(30)13(8)27/h3,7-33H,2,4-5H2,1H3. The van der Waals surface area contributed by atoms with Crippen molar-refractivity contribution in [3.63, 3.8) is 0 Å². The zero-order valence-electron chi connectivity index (χ0n) is 19.1. The van der Waals surface area contributed by atoms with Gasteiger partial charge in [0.25, 0.3) is 0 Å². The van der Waals surface area contributed by atoms with Crippen LogP contribution in [0.5, 0.6) is 0 Å². The topological polar surface area (TPSA) is 253 Å². The lowest BCUT2D eigenvalue weighted by Crippen LogP contribution is -2.70. The Morgan fingerprint density at radius 2 is 1.46 bits per heavy atom. The van der Waals surface area contributed by atoms with Gasteiger partial charge < -0.3 is 71.0 Å². The van der Waals surface area contributed by atoms with E-state index in [0.717, 1.165) is 0 Å². The monoisotopic (exact) mass is 511 g/mol. The predicted octanol–water partition coefficient (Wildman–Crippen LogP) is -6.36. The van der Waals surface area contributed by atoms with E-state index in [9.17, 15) is 56.2 Å². The highest BCUT2D eigenvalue weighted by Crippen LogP contribution is 2.33. The van der Waals surface area contributed by atoms with Crippen molar-refractivity contribution in [2.45, 2.75) is 98.9 Å². The molecule has 15 atom stereocenters. The molecule has 0 radical (unpaired) electrons. The molecule has 12 N–H and O–H groups in total. The molecule has 0 aromatic heterocycles. The van der Waals surface area contributed by atoms with E-state index < -0.39 is 105 Å². The van der Waals surface area contributed by atoms with E-state index in [2.05, 4.69) is 5.32 Å². The normalized spacial score (nSPS) is 51.2. The second-order valence-electron chi connectivity index (χ2n) is 9.39. The van der Waals surface area contributed by atoms with Crippen LogP contribution in [0.25, 0.3) is 0 Å². The van der Waals surface area contributed by atoms with Crippen LogP contribution in [0.15, 0.2) is 11.6 Å². The third kappa shape index (κ3) is 5.42. The van der Waals surface area contributed by atoms with Gasteiger partial charge in [0.05, 0.1) is 43.6 Å². The molecule has 3 aliphatic rings. The number of rotatable bonds is 7. The minimum Gasteiger partial charge on any atom is -0.396 e. The van der Waals surface area contributed by atoms with Crippen LogP contribution in [-0.4, -0.2) is 155 Å². The quantitative estimate of drug-likeness (QED) is 0.142. The summed E-state index contributed by atoms with van der Waals surface area (Å²) in [7, 11) is 0. The summed E-state index contributed by atoms with van der Waals surface area (Å²) in [6.45, 7) is 0.294. The Labute approximate surface area is 201 Å². The Morgan fingerprint density at radius 1 is 0.800 bits per heavy atom. The van der Waals surface area contributed by atoms with E-state index >= 15 is 0 Å². The summed E-state index contributed by atoms with van der Waals surface area (Å²) in [4.78, 5) is 0. The van der Waals surface area contributed by atoms with Gasteiger partial charge >= 0.3 is 0 Å². The first kappa shape index (κ1) is 28.7. The van der Waals surface area contributed by atoms with Gasteiger partial charge in [-0.3, -0.25) is 0 Å². The third-order valence-electron chi connectivity index (χ3n) is 7.24. The van der Waals surface area contributed by atoms with Gasteiger partial charge in [-0.1, -0.05) is 13.0 Å². The molecule has 35 heavy (non-hydrogen) atoms. The van der Waals surface area contributed by atoms with Crippen LogP contribution in [0.1, 0.15) is 13.3 Å². The molecule has 2 fully saturated rings. The van der Waals surface area contributed by atoms with Gasteiger partial charge in [0.1, 0.15) is 48.8 Å². The fraction of sp³-hybridized carbons (Fsp3) is 0.905. The summed E-state index contributed by atoms with van der Waals surface area (Å²) >= 11 is 0. The van der Waals surface area contributed by atoms with Gasteiger partial charge in [-0.25, -0.2) is 0 Å². The Bertz CT molecular complexity index is 725. The lowest BCUT2D eigenvalue weighted by molar-refractivity contribution is -0.330. The molecule has 0 aromatic carbocycles. The van der Waals surface area contributed by atoms with E-state index in [1.54, 1.807) is 6.92 Å². The number of hydrogen-bond acceptors (Lipinski definition) is 14. The van der Waals surface area contributed by atoms with Gasteiger partial charge in [0.2, 0.25) is 0 Å². The zero-order valence-corrected chi connectivity index (χ0v) is 19.1. The summed E-state index contributed by atoms with van der Waals surface area (Å²) in [5, 5.41) is 115. The van der Waals surface area contributed by atoms with Crippen LogP contribution in [0.2, 0.25) is 0 Å². The second kappa shape index (κ2) is 11.7. The third-order valence-corrected chi connectivity index (χ3v) is 7.24. The van der Waals surface area contributed by atoms with Crippen molar-refractivity contribution in [3.05, 3.63) is 11.6 Å². The Kier molecular flexibility index (Phi) is 9.61. The zero-order chi connectivity index (χ0) is 26.2. The van der Waals surface area contributed by atoms with Gasteiger partial charge in [-0.2, -0.15) is 0 Å². The molecule has 15 unspecified atom stereocenters. The molecule has 0 spiro atoms. The number of nitrogens with one attached hydrogen (secondary N) is 1. The second-order valence-corrected chi connectivity index (χ2v) is 9.39. The van der Waals surface area contributed by atoms with E-state index in [1.807, 2.05) is 0 Å². The van der Waals surface area contributed by atoms with Crippen LogP contribution >= 0.6 is 0 Å². The molecule has 1 heterocycles. The van der Waals surface area contributed by atoms with E-state index in [-0.39, 0.29) is 12.0 Å².